The molecule has 0 heterocycles. The van der Waals surface area contributed by atoms with Crippen molar-refractivity contribution in [3.05, 3.63) is 42.0 Å². The van der Waals surface area contributed by atoms with Crippen LogP contribution in [0.4, 0.5) is 13.2 Å². The van der Waals surface area contributed by atoms with Gasteiger partial charge in [0.05, 0.1) is 5.56 Å². The molecule has 1 aromatic carbocycles. The minimum atomic E-state index is -4.39. The zero-order chi connectivity index (χ0) is 18.9. The summed E-state index contributed by atoms with van der Waals surface area (Å²) in [5.74, 6) is -0.216. The van der Waals surface area contributed by atoms with Crippen molar-refractivity contribution in [2.75, 3.05) is 6.61 Å². The quantitative estimate of drug-likeness (QED) is 0.769. The summed E-state index contributed by atoms with van der Waals surface area (Å²) in [5.41, 5.74) is -0.754. The molecule has 1 saturated carbocycles. The molecule has 0 aliphatic heterocycles. The second kappa shape index (κ2) is 10.1. The molecule has 0 aromatic heterocycles. The molecule has 0 bridgehead atoms. The van der Waals surface area contributed by atoms with E-state index in [2.05, 4.69) is 0 Å². The molecule has 1 unspecified atom stereocenters. The van der Waals surface area contributed by atoms with Crippen LogP contribution in [0.15, 0.2) is 36.4 Å². The van der Waals surface area contributed by atoms with Gasteiger partial charge in [-0.3, -0.25) is 4.79 Å². The average Bonchev–Trinajstić information content (AvgIpc) is 3.03. The highest BCUT2D eigenvalue weighted by molar-refractivity contribution is 5.62. The van der Waals surface area contributed by atoms with E-state index in [1.54, 1.807) is 6.08 Å². The number of aliphatic hydroxyl groups is 1. The summed E-state index contributed by atoms with van der Waals surface area (Å²) in [6.07, 6.45) is 3.16. The average molecular weight is 360 g/mol. The van der Waals surface area contributed by atoms with Crippen molar-refractivity contribution in [2.24, 2.45) is 5.92 Å². The summed E-state index contributed by atoms with van der Waals surface area (Å²) in [7, 11) is 0. The topological polar surface area (TPSA) is 66.8 Å². The first-order valence-electron chi connectivity index (χ1n) is 8.04. The molecule has 1 aliphatic carbocycles. The first-order valence-corrected chi connectivity index (χ1v) is 8.04. The Bertz CT molecular complexity index is 560. The second-order valence-corrected chi connectivity index (χ2v) is 5.85. The predicted octanol–water partition coefficient (Wildman–Crippen LogP) is 4.28. The van der Waals surface area contributed by atoms with E-state index in [9.17, 15) is 18.3 Å². The van der Waals surface area contributed by atoms with E-state index in [0.29, 0.717) is 5.92 Å². The molecule has 7 heteroatoms. The summed E-state index contributed by atoms with van der Waals surface area (Å²) >= 11 is 0. The number of hydrogen-bond donors (Lipinski definition) is 2. The lowest BCUT2D eigenvalue weighted by atomic mass is 10.1. The van der Waals surface area contributed by atoms with Crippen LogP contribution in [0.1, 0.15) is 38.2 Å². The first-order chi connectivity index (χ1) is 11.7. The molecule has 0 spiro atoms. The van der Waals surface area contributed by atoms with Gasteiger partial charge in [-0.15, -0.1) is 0 Å². The summed E-state index contributed by atoms with van der Waals surface area (Å²) in [4.78, 5) is 9.00. The first kappa shape index (κ1) is 21.0. The fourth-order valence-electron chi connectivity index (χ4n) is 2.43. The van der Waals surface area contributed by atoms with Gasteiger partial charge in [-0.05, 0) is 37.0 Å². The molecule has 2 rings (SSSR count). The Hall–Kier alpha value is -2.02. The molecule has 1 atom stereocenters. The van der Waals surface area contributed by atoms with Crippen LogP contribution in [-0.4, -0.2) is 28.9 Å². The van der Waals surface area contributed by atoms with Gasteiger partial charge in [0.25, 0.3) is 5.97 Å². The Labute approximate surface area is 144 Å². The molecule has 0 radical (unpaired) electrons. The van der Waals surface area contributed by atoms with Gasteiger partial charge in [0, 0.05) is 6.92 Å². The third kappa shape index (κ3) is 9.14. The maximum Gasteiger partial charge on any atom is 0.416 e. The Morgan fingerprint density at radius 2 is 1.96 bits per heavy atom. The van der Waals surface area contributed by atoms with Crippen LogP contribution in [-0.2, 0) is 11.0 Å². The Kier molecular flexibility index (Phi) is 8.48. The van der Waals surface area contributed by atoms with Gasteiger partial charge >= 0.3 is 6.18 Å². The Balaban J connectivity index is 0.000000705. The van der Waals surface area contributed by atoms with Gasteiger partial charge in [-0.1, -0.05) is 31.1 Å². The fraction of sp³-hybridized carbons (Fsp3) is 0.500. The molecule has 1 aromatic rings. The molecule has 25 heavy (non-hydrogen) atoms. The Morgan fingerprint density at radius 3 is 2.52 bits per heavy atom. The number of carboxylic acids is 1. The highest BCUT2D eigenvalue weighted by atomic mass is 19.4. The number of carbonyl (C=O) groups is 1. The SMILES string of the molecule is CC(=O)O.OC(/C=C/C1CCCC1)COc1cccc(C(F)(F)F)c1. The molecule has 2 N–H and O–H groups in total. The van der Waals surface area contributed by atoms with Crippen molar-refractivity contribution in [3.8, 4) is 5.75 Å². The maximum absolute atomic E-state index is 12.5. The summed E-state index contributed by atoms with van der Waals surface area (Å²) in [6.45, 7) is 1.03. The van der Waals surface area contributed by atoms with Crippen LogP contribution in [0, 0.1) is 5.92 Å². The lowest BCUT2D eigenvalue weighted by Gasteiger charge is -2.12. The van der Waals surface area contributed by atoms with Gasteiger partial charge in [0.1, 0.15) is 18.5 Å². The van der Waals surface area contributed by atoms with Crippen molar-refractivity contribution in [1.82, 2.24) is 0 Å². The smallest absolute Gasteiger partial charge is 0.416 e. The number of benzene rings is 1. The zero-order valence-corrected chi connectivity index (χ0v) is 14.0. The number of allylic oxidation sites excluding steroid dienone is 1. The van der Waals surface area contributed by atoms with Crippen molar-refractivity contribution in [3.63, 3.8) is 0 Å². The standard InChI is InChI=1S/C16H19F3O2.C2H4O2/c17-16(18,19)13-6-3-7-15(10-13)21-11-14(20)9-8-12-4-1-2-5-12;1-2(3)4/h3,6-10,12,14,20H,1-2,4-5,11H2;1H3,(H,3,4)/b9-8+;. The van der Waals surface area contributed by atoms with Gasteiger partial charge in [0.15, 0.2) is 0 Å². The third-order valence-electron chi connectivity index (χ3n) is 3.59. The third-order valence-corrected chi connectivity index (χ3v) is 3.59. The van der Waals surface area contributed by atoms with E-state index >= 15 is 0 Å². The van der Waals surface area contributed by atoms with Gasteiger partial charge < -0.3 is 14.9 Å². The second-order valence-electron chi connectivity index (χ2n) is 5.85. The number of hydrogen-bond acceptors (Lipinski definition) is 3. The van der Waals surface area contributed by atoms with Crippen LogP contribution in [0.25, 0.3) is 0 Å². The molecule has 0 saturated heterocycles. The molecule has 4 nitrogen and oxygen atoms in total. The number of ether oxygens (including phenoxy) is 1. The van der Waals surface area contributed by atoms with Crippen LogP contribution in [0.2, 0.25) is 0 Å². The normalized spacial score (nSPS) is 16.4. The predicted molar refractivity (Wildman–Crippen MR) is 87.4 cm³/mol. The fourth-order valence-corrected chi connectivity index (χ4v) is 2.43. The van der Waals surface area contributed by atoms with Crippen LogP contribution >= 0.6 is 0 Å². The number of halogens is 3. The lowest BCUT2D eigenvalue weighted by molar-refractivity contribution is -0.137. The van der Waals surface area contributed by atoms with Crippen molar-refractivity contribution >= 4 is 5.97 Å². The van der Waals surface area contributed by atoms with Gasteiger partial charge in [0.2, 0.25) is 0 Å². The van der Waals surface area contributed by atoms with E-state index in [0.717, 1.165) is 31.9 Å². The van der Waals surface area contributed by atoms with Gasteiger partial charge in [-0.2, -0.15) is 13.2 Å². The van der Waals surface area contributed by atoms with E-state index in [1.165, 1.54) is 25.0 Å². The minimum absolute atomic E-state index is 0.0511. The molecule has 1 fully saturated rings. The largest absolute Gasteiger partial charge is 0.491 e. The van der Waals surface area contributed by atoms with E-state index < -0.39 is 23.8 Å². The van der Waals surface area contributed by atoms with Crippen LogP contribution < -0.4 is 4.74 Å². The lowest BCUT2D eigenvalue weighted by Crippen LogP contribution is -2.15. The molecular formula is C18H23F3O4. The summed E-state index contributed by atoms with van der Waals surface area (Å²) < 4.78 is 42.8. The molecule has 140 valence electrons. The maximum atomic E-state index is 12.5. The van der Waals surface area contributed by atoms with Crippen molar-refractivity contribution in [2.45, 2.75) is 44.9 Å². The summed E-state index contributed by atoms with van der Waals surface area (Å²) in [5, 5.41) is 17.2. The van der Waals surface area contributed by atoms with Crippen LogP contribution in [0.3, 0.4) is 0 Å². The highest BCUT2D eigenvalue weighted by Gasteiger charge is 2.30. The van der Waals surface area contributed by atoms with Crippen molar-refractivity contribution in [1.29, 1.82) is 0 Å². The Morgan fingerprint density at radius 1 is 1.36 bits per heavy atom. The number of alkyl halides is 3. The highest BCUT2D eigenvalue weighted by Crippen LogP contribution is 2.31. The zero-order valence-electron chi connectivity index (χ0n) is 14.0. The number of carboxylic acid groups (broad SMARTS) is 1. The van der Waals surface area contributed by atoms with Gasteiger partial charge in [-0.25, -0.2) is 0 Å². The molecular weight excluding hydrogens is 337 g/mol. The minimum Gasteiger partial charge on any atom is -0.491 e. The monoisotopic (exact) mass is 360 g/mol. The van der Waals surface area contributed by atoms with E-state index in [4.69, 9.17) is 14.6 Å². The molecule has 0 amide bonds. The number of rotatable bonds is 5. The van der Waals surface area contributed by atoms with Crippen LogP contribution in [0.5, 0.6) is 5.75 Å². The number of aliphatic hydroxyl groups excluding tert-OH is 1. The summed E-state index contributed by atoms with van der Waals surface area (Å²) in [6, 6.07) is 4.66. The molecule has 1 aliphatic rings. The number of aliphatic carboxylic acids is 1. The van der Waals surface area contributed by atoms with Crippen molar-refractivity contribution < 1.29 is 32.9 Å². The van der Waals surface area contributed by atoms with E-state index in [1.807, 2.05) is 6.08 Å². The van der Waals surface area contributed by atoms with E-state index in [-0.39, 0.29) is 12.4 Å².